The van der Waals surface area contributed by atoms with E-state index in [1.807, 2.05) is 9.78 Å². The van der Waals surface area contributed by atoms with Crippen LogP contribution in [0.2, 0.25) is 0 Å². The predicted octanol–water partition coefficient (Wildman–Crippen LogP) is 1.27. The Morgan fingerprint density at radius 1 is 1.72 bits per heavy atom. The Balaban J connectivity index is 2.05. The number of aromatic nitrogens is 2. The van der Waals surface area contributed by atoms with E-state index in [0.717, 1.165) is 16.3 Å². The van der Waals surface area contributed by atoms with Gasteiger partial charge in [-0.15, -0.1) is 11.3 Å². The SMILES string of the molecule is C=CCOC(=O)NCc1csc2cnc(CN)n12. The Morgan fingerprint density at radius 3 is 3.28 bits per heavy atom. The molecule has 18 heavy (non-hydrogen) atoms. The van der Waals surface area contributed by atoms with Crippen molar-refractivity contribution < 1.29 is 9.53 Å². The van der Waals surface area contributed by atoms with Gasteiger partial charge in [-0.3, -0.25) is 4.40 Å². The van der Waals surface area contributed by atoms with Crippen LogP contribution in [0.5, 0.6) is 0 Å². The molecule has 0 fully saturated rings. The second kappa shape index (κ2) is 5.65. The summed E-state index contributed by atoms with van der Waals surface area (Å²) >= 11 is 1.56. The van der Waals surface area contributed by atoms with E-state index in [4.69, 9.17) is 10.5 Å². The molecule has 96 valence electrons. The number of fused-ring (bicyclic) bond motifs is 1. The van der Waals surface area contributed by atoms with Gasteiger partial charge in [0.15, 0.2) is 0 Å². The Labute approximate surface area is 108 Å². The molecule has 0 saturated carbocycles. The van der Waals surface area contributed by atoms with E-state index in [9.17, 15) is 4.79 Å². The lowest BCUT2D eigenvalue weighted by Crippen LogP contribution is -2.24. The Morgan fingerprint density at radius 2 is 2.56 bits per heavy atom. The van der Waals surface area contributed by atoms with Gasteiger partial charge in [-0.1, -0.05) is 12.7 Å². The first-order valence-corrected chi connectivity index (χ1v) is 6.28. The highest BCUT2D eigenvalue weighted by Crippen LogP contribution is 2.18. The number of nitrogens with one attached hydrogen (secondary N) is 1. The lowest BCUT2D eigenvalue weighted by atomic mass is 10.4. The molecular weight excluding hydrogens is 252 g/mol. The van der Waals surface area contributed by atoms with Crippen molar-refractivity contribution in [2.75, 3.05) is 6.61 Å². The molecule has 0 bridgehead atoms. The van der Waals surface area contributed by atoms with Crippen molar-refractivity contribution in [2.45, 2.75) is 13.1 Å². The third kappa shape index (κ3) is 2.52. The first-order valence-electron chi connectivity index (χ1n) is 5.40. The molecule has 0 aliphatic rings. The molecule has 0 saturated heterocycles. The molecule has 2 rings (SSSR count). The molecule has 0 aromatic carbocycles. The second-order valence-electron chi connectivity index (χ2n) is 3.52. The molecule has 3 N–H and O–H groups in total. The molecule has 0 atom stereocenters. The van der Waals surface area contributed by atoms with Crippen LogP contribution < -0.4 is 11.1 Å². The number of nitrogens with zero attached hydrogens (tertiary/aromatic N) is 2. The van der Waals surface area contributed by atoms with Gasteiger partial charge in [0.2, 0.25) is 0 Å². The van der Waals surface area contributed by atoms with Crippen molar-refractivity contribution >= 4 is 22.3 Å². The molecule has 2 aromatic heterocycles. The number of amides is 1. The molecule has 0 aliphatic heterocycles. The number of alkyl carbamates (subject to hydrolysis) is 1. The summed E-state index contributed by atoms with van der Waals surface area (Å²) in [5.74, 6) is 0.780. The van der Waals surface area contributed by atoms with E-state index in [1.54, 1.807) is 17.5 Å². The van der Waals surface area contributed by atoms with Gasteiger partial charge >= 0.3 is 6.09 Å². The zero-order valence-corrected chi connectivity index (χ0v) is 10.6. The van der Waals surface area contributed by atoms with Crippen LogP contribution in [-0.2, 0) is 17.8 Å². The molecule has 2 heterocycles. The van der Waals surface area contributed by atoms with Crippen LogP contribution >= 0.6 is 11.3 Å². The third-order valence-electron chi connectivity index (χ3n) is 2.33. The molecule has 7 heteroatoms. The molecule has 6 nitrogen and oxygen atoms in total. The van der Waals surface area contributed by atoms with Crippen LogP contribution in [0.25, 0.3) is 4.83 Å². The van der Waals surface area contributed by atoms with Gasteiger partial charge in [0.25, 0.3) is 0 Å². The number of hydrogen-bond donors (Lipinski definition) is 2. The average molecular weight is 266 g/mol. The van der Waals surface area contributed by atoms with Crippen LogP contribution in [0.4, 0.5) is 4.79 Å². The van der Waals surface area contributed by atoms with Crippen molar-refractivity contribution in [3.63, 3.8) is 0 Å². The summed E-state index contributed by atoms with van der Waals surface area (Å²) in [6, 6.07) is 0. The van der Waals surface area contributed by atoms with Gasteiger partial charge in [-0.05, 0) is 0 Å². The smallest absolute Gasteiger partial charge is 0.407 e. The Bertz CT molecular complexity index is 560. The average Bonchev–Trinajstić information content (AvgIpc) is 2.95. The standard InChI is InChI=1S/C11H14N4O2S/c1-2-3-17-11(16)14-5-8-7-18-10-6-13-9(4-12)15(8)10/h2,6-7H,1,3-5,12H2,(H,14,16). The summed E-state index contributed by atoms with van der Waals surface area (Å²) < 4.78 is 6.77. The van der Waals surface area contributed by atoms with E-state index >= 15 is 0 Å². The molecule has 0 radical (unpaired) electrons. The van der Waals surface area contributed by atoms with E-state index in [1.165, 1.54) is 6.08 Å². The number of ether oxygens (including phenoxy) is 1. The quantitative estimate of drug-likeness (QED) is 0.798. The number of carbonyl (C=O) groups excluding carboxylic acids is 1. The Hall–Kier alpha value is -1.86. The Kier molecular flexibility index (Phi) is 3.96. The summed E-state index contributed by atoms with van der Waals surface area (Å²) in [5.41, 5.74) is 6.54. The highest BCUT2D eigenvalue weighted by Gasteiger charge is 2.10. The fourth-order valence-corrected chi connectivity index (χ4v) is 2.44. The van der Waals surface area contributed by atoms with Crippen LogP contribution in [0, 0.1) is 0 Å². The lowest BCUT2D eigenvalue weighted by Gasteiger charge is -2.05. The number of imidazole rings is 1. The molecular formula is C11H14N4O2S. The van der Waals surface area contributed by atoms with Crippen LogP contribution in [0.3, 0.4) is 0 Å². The maximum Gasteiger partial charge on any atom is 0.407 e. The highest BCUT2D eigenvalue weighted by atomic mass is 32.1. The molecule has 2 aromatic rings. The zero-order chi connectivity index (χ0) is 13.0. The summed E-state index contributed by atoms with van der Waals surface area (Å²) in [7, 11) is 0. The van der Waals surface area contributed by atoms with Crippen molar-refractivity contribution in [2.24, 2.45) is 5.73 Å². The monoisotopic (exact) mass is 266 g/mol. The lowest BCUT2D eigenvalue weighted by molar-refractivity contribution is 0.157. The number of rotatable bonds is 5. The van der Waals surface area contributed by atoms with Gasteiger partial charge < -0.3 is 15.8 Å². The normalized spacial score (nSPS) is 10.5. The van der Waals surface area contributed by atoms with Crippen molar-refractivity contribution in [3.05, 3.63) is 35.8 Å². The van der Waals surface area contributed by atoms with Crippen molar-refractivity contribution in [1.29, 1.82) is 0 Å². The largest absolute Gasteiger partial charge is 0.445 e. The van der Waals surface area contributed by atoms with Crippen LogP contribution in [0.15, 0.2) is 24.2 Å². The van der Waals surface area contributed by atoms with Gasteiger partial charge in [0.1, 0.15) is 17.3 Å². The number of hydrogen-bond acceptors (Lipinski definition) is 5. The summed E-state index contributed by atoms with van der Waals surface area (Å²) in [5, 5.41) is 4.62. The number of thiazole rings is 1. The van der Waals surface area contributed by atoms with Gasteiger partial charge in [-0.25, -0.2) is 9.78 Å². The second-order valence-corrected chi connectivity index (χ2v) is 4.41. The minimum Gasteiger partial charge on any atom is -0.445 e. The summed E-state index contributed by atoms with van der Waals surface area (Å²) in [6.45, 7) is 4.40. The van der Waals surface area contributed by atoms with Crippen LogP contribution in [-0.4, -0.2) is 22.1 Å². The first-order chi connectivity index (χ1) is 8.76. The minimum atomic E-state index is -0.469. The number of nitrogens with two attached hydrogens (primary N) is 1. The maximum absolute atomic E-state index is 11.3. The molecule has 1 amide bonds. The first kappa shape index (κ1) is 12.6. The molecule has 0 unspecified atom stereocenters. The number of carbonyl (C=O) groups is 1. The van der Waals surface area contributed by atoms with E-state index in [-0.39, 0.29) is 6.61 Å². The highest BCUT2D eigenvalue weighted by molar-refractivity contribution is 7.15. The predicted molar refractivity (Wildman–Crippen MR) is 69.3 cm³/mol. The maximum atomic E-state index is 11.3. The zero-order valence-electron chi connectivity index (χ0n) is 9.76. The topological polar surface area (TPSA) is 81.6 Å². The van der Waals surface area contributed by atoms with E-state index in [2.05, 4.69) is 16.9 Å². The minimum absolute atomic E-state index is 0.198. The molecule has 0 aliphatic carbocycles. The van der Waals surface area contributed by atoms with E-state index in [0.29, 0.717) is 13.1 Å². The summed E-state index contributed by atoms with van der Waals surface area (Å²) in [4.78, 5) is 16.5. The van der Waals surface area contributed by atoms with Crippen LogP contribution in [0.1, 0.15) is 11.5 Å². The van der Waals surface area contributed by atoms with E-state index < -0.39 is 6.09 Å². The third-order valence-corrected chi connectivity index (χ3v) is 3.25. The fraction of sp³-hybridized carbons (Fsp3) is 0.273. The van der Waals surface area contributed by atoms with Crippen molar-refractivity contribution in [3.8, 4) is 0 Å². The molecule has 0 spiro atoms. The van der Waals surface area contributed by atoms with Crippen molar-refractivity contribution in [1.82, 2.24) is 14.7 Å². The van der Waals surface area contributed by atoms with Gasteiger partial charge in [0.05, 0.1) is 25.0 Å². The van der Waals surface area contributed by atoms with Gasteiger partial charge in [-0.2, -0.15) is 0 Å². The fourth-order valence-electron chi connectivity index (χ4n) is 1.56. The van der Waals surface area contributed by atoms with Gasteiger partial charge in [0, 0.05) is 5.38 Å². The summed E-state index contributed by atoms with van der Waals surface area (Å²) in [6.07, 6.45) is 2.82.